The SMILES string of the molecule is CCCNC(c1cn(C)cn1)c1ccc(C)c(F)c1F. The summed E-state index contributed by atoms with van der Waals surface area (Å²) in [4.78, 5) is 4.25. The van der Waals surface area contributed by atoms with Gasteiger partial charge in [0.1, 0.15) is 0 Å². The van der Waals surface area contributed by atoms with Crippen LogP contribution in [-0.2, 0) is 7.05 Å². The van der Waals surface area contributed by atoms with Crippen molar-refractivity contribution in [3.05, 3.63) is 53.1 Å². The Morgan fingerprint density at radius 1 is 1.30 bits per heavy atom. The zero-order chi connectivity index (χ0) is 14.7. The van der Waals surface area contributed by atoms with Crippen LogP contribution in [0.4, 0.5) is 8.78 Å². The third kappa shape index (κ3) is 2.88. The first-order valence-corrected chi connectivity index (χ1v) is 6.70. The van der Waals surface area contributed by atoms with Crippen LogP contribution in [-0.4, -0.2) is 16.1 Å². The van der Waals surface area contributed by atoms with E-state index in [9.17, 15) is 8.78 Å². The molecule has 2 aromatic rings. The van der Waals surface area contributed by atoms with Crippen LogP contribution in [0, 0.1) is 18.6 Å². The maximum absolute atomic E-state index is 14.2. The van der Waals surface area contributed by atoms with Gasteiger partial charge < -0.3 is 9.88 Å². The molecule has 1 heterocycles. The number of halogens is 2. The van der Waals surface area contributed by atoms with Gasteiger partial charge in [0.2, 0.25) is 0 Å². The van der Waals surface area contributed by atoms with Gasteiger partial charge >= 0.3 is 0 Å². The van der Waals surface area contributed by atoms with E-state index in [-0.39, 0.29) is 0 Å². The summed E-state index contributed by atoms with van der Waals surface area (Å²) >= 11 is 0. The second-order valence-corrected chi connectivity index (χ2v) is 4.95. The van der Waals surface area contributed by atoms with E-state index in [4.69, 9.17) is 0 Å². The molecule has 0 amide bonds. The van der Waals surface area contributed by atoms with Crippen molar-refractivity contribution in [2.45, 2.75) is 26.3 Å². The van der Waals surface area contributed by atoms with Crippen molar-refractivity contribution in [2.75, 3.05) is 6.54 Å². The summed E-state index contributed by atoms with van der Waals surface area (Å²) in [6.45, 7) is 4.28. The van der Waals surface area contributed by atoms with Gasteiger partial charge in [-0.2, -0.15) is 0 Å². The van der Waals surface area contributed by atoms with Gasteiger partial charge in [0.15, 0.2) is 11.6 Å². The highest BCUT2D eigenvalue weighted by molar-refractivity contribution is 5.32. The largest absolute Gasteiger partial charge is 0.340 e. The molecule has 5 heteroatoms. The summed E-state index contributed by atoms with van der Waals surface area (Å²) in [5.74, 6) is -1.59. The van der Waals surface area contributed by atoms with Gasteiger partial charge in [-0.05, 0) is 25.5 Å². The fourth-order valence-electron chi connectivity index (χ4n) is 2.13. The standard InChI is InChI=1S/C15H19F2N3/c1-4-7-18-15(12-8-20(3)9-19-12)11-6-5-10(2)13(16)14(11)17/h5-6,8-9,15,18H,4,7H2,1-3H3. The normalized spacial score (nSPS) is 12.7. The molecule has 2 rings (SSSR count). The van der Waals surface area contributed by atoms with Gasteiger partial charge in [0.25, 0.3) is 0 Å². The number of imidazole rings is 1. The van der Waals surface area contributed by atoms with Gasteiger partial charge in [-0.15, -0.1) is 0 Å². The molecule has 3 nitrogen and oxygen atoms in total. The Hall–Kier alpha value is -1.75. The lowest BCUT2D eigenvalue weighted by atomic mass is 10.0. The number of nitrogens with zero attached hydrogens (tertiary/aromatic N) is 2. The maximum Gasteiger partial charge on any atom is 0.164 e. The van der Waals surface area contributed by atoms with Crippen LogP contribution in [0.2, 0.25) is 0 Å². The number of benzene rings is 1. The second kappa shape index (κ2) is 6.13. The first-order valence-electron chi connectivity index (χ1n) is 6.70. The molecule has 108 valence electrons. The first-order chi connectivity index (χ1) is 9.54. The van der Waals surface area contributed by atoms with Crippen LogP contribution < -0.4 is 5.32 Å². The molecule has 0 fully saturated rings. The molecule has 1 atom stereocenters. The van der Waals surface area contributed by atoms with Crippen LogP contribution in [0.15, 0.2) is 24.7 Å². The summed E-state index contributed by atoms with van der Waals surface area (Å²) < 4.78 is 29.7. The van der Waals surface area contributed by atoms with Gasteiger partial charge in [-0.3, -0.25) is 0 Å². The van der Waals surface area contributed by atoms with E-state index in [1.54, 1.807) is 30.0 Å². The predicted molar refractivity (Wildman–Crippen MR) is 74.4 cm³/mol. The van der Waals surface area contributed by atoms with E-state index >= 15 is 0 Å². The summed E-state index contributed by atoms with van der Waals surface area (Å²) in [5.41, 5.74) is 1.28. The molecule has 0 saturated carbocycles. The molecule has 1 N–H and O–H groups in total. The molecule has 0 bridgehead atoms. The predicted octanol–water partition coefficient (Wildman–Crippen LogP) is 3.10. The summed E-state index contributed by atoms with van der Waals surface area (Å²) in [5, 5.41) is 3.22. The lowest BCUT2D eigenvalue weighted by Crippen LogP contribution is -2.25. The zero-order valence-corrected chi connectivity index (χ0v) is 12.0. The van der Waals surface area contributed by atoms with E-state index < -0.39 is 17.7 Å². The molecule has 0 aliphatic heterocycles. The highest BCUT2D eigenvalue weighted by Gasteiger charge is 2.22. The maximum atomic E-state index is 14.2. The topological polar surface area (TPSA) is 29.9 Å². The number of rotatable bonds is 5. The number of hydrogen-bond donors (Lipinski definition) is 1. The molecule has 0 spiro atoms. The van der Waals surface area contributed by atoms with Crippen molar-refractivity contribution >= 4 is 0 Å². The van der Waals surface area contributed by atoms with Gasteiger partial charge in [0, 0.05) is 18.8 Å². The minimum absolute atomic E-state index is 0.292. The zero-order valence-electron chi connectivity index (χ0n) is 12.0. The first kappa shape index (κ1) is 14.7. The van der Waals surface area contributed by atoms with Crippen molar-refractivity contribution in [3.63, 3.8) is 0 Å². The van der Waals surface area contributed by atoms with Crippen molar-refractivity contribution in [1.29, 1.82) is 0 Å². The van der Waals surface area contributed by atoms with E-state index in [1.165, 1.54) is 0 Å². The second-order valence-electron chi connectivity index (χ2n) is 4.95. The minimum Gasteiger partial charge on any atom is -0.340 e. The number of nitrogens with one attached hydrogen (secondary N) is 1. The Labute approximate surface area is 117 Å². The Morgan fingerprint density at radius 2 is 2.05 bits per heavy atom. The summed E-state index contributed by atoms with van der Waals surface area (Å²) in [6, 6.07) is 2.78. The number of hydrogen-bond acceptors (Lipinski definition) is 2. The average Bonchev–Trinajstić information content (AvgIpc) is 2.85. The molecule has 0 radical (unpaired) electrons. The van der Waals surface area contributed by atoms with Crippen molar-refractivity contribution in [1.82, 2.24) is 14.9 Å². The smallest absolute Gasteiger partial charge is 0.164 e. The van der Waals surface area contributed by atoms with Gasteiger partial charge in [0.05, 0.1) is 18.1 Å². The van der Waals surface area contributed by atoms with Crippen LogP contribution in [0.1, 0.15) is 36.2 Å². The third-order valence-electron chi connectivity index (χ3n) is 3.24. The summed E-state index contributed by atoms with van der Waals surface area (Å²) in [6.07, 6.45) is 4.36. The Bertz CT molecular complexity index is 593. The Kier molecular flexibility index (Phi) is 4.49. The summed E-state index contributed by atoms with van der Waals surface area (Å²) in [7, 11) is 1.85. The molecule has 1 aromatic heterocycles. The Morgan fingerprint density at radius 3 is 2.65 bits per heavy atom. The number of aryl methyl sites for hydroxylation is 2. The Balaban J connectivity index is 2.43. The molecular formula is C15H19F2N3. The molecule has 0 aliphatic carbocycles. The van der Waals surface area contributed by atoms with Crippen LogP contribution in [0.5, 0.6) is 0 Å². The molecule has 1 unspecified atom stereocenters. The van der Waals surface area contributed by atoms with Crippen LogP contribution in [0.25, 0.3) is 0 Å². The fourth-order valence-corrected chi connectivity index (χ4v) is 2.13. The van der Waals surface area contributed by atoms with E-state index in [2.05, 4.69) is 10.3 Å². The highest BCUT2D eigenvalue weighted by atomic mass is 19.2. The van der Waals surface area contributed by atoms with Crippen LogP contribution in [0.3, 0.4) is 0 Å². The lowest BCUT2D eigenvalue weighted by molar-refractivity contribution is 0.474. The highest BCUT2D eigenvalue weighted by Crippen LogP contribution is 2.26. The minimum atomic E-state index is -0.802. The molecule has 20 heavy (non-hydrogen) atoms. The van der Waals surface area contributed by atoms with Crippen molar-refractivity contribution in [2.24, 2.45) is 7.05 Å². The van der Waals surface area contributed by atoms with E-state index in [0.29, 0.717) is 23.4 Å². The van der Waals surface area contributed by atoms with Crippen molar-refractivity contribution < 1.29 is 8.78 Å². The quantitative estimate of drug-likeness (QED) is 0.911. The van der Waals surface area contributed by atoms with E-state index in [1.807, 2.05) is 20.2 Å². The average molecular weight is 279 g/mol. The molecule has 0 saturated heterocycles. The molecule has 1 aromatic carbocycles. The third-order valence-corrected chi connectivity index (χ3v) is 3.24. The number of aromatic nitrogens is 2. The van der Waals surface area contributed by atoms with Crippen LogP contribution >= 0.6 is 0 Å². The fraction of sp³-hybridized carbons (Fsp3) is 0.400. The van der Waals surface area contributed by atoms with Crippen molar-refractivity contribution in [3.8, 4) is 0 Å². The lowest BCUT2D eigenvalue weighted by Gasteiger charge is -2.18. The van der Waals surface area contributed by atoms with Gasteiger partial charge in [-0.25, -0.2) is 13.8 Å². The van der Waals surface area contributed by atoms with Gasteiger partial charge in [-0.1, -0.05) is 19.1 Å². The molecule has 0 aliphatic rings. The van der Waals surface area contributed by atoms with E-state index in [0.717, 1.165) is 6.42 Å². The monoisotopic (exact) mass is 279 g/mol. The molecular weight excluding hydrogens is 260 g/mol.